The predicted molar refractivity (Wildman–Crippen MR) is 68.4 cm³/mol. The van der Waals surface area contributed by atoms with Crippen molar-refractivity contribution in [3.8, 4) is 0 Å². The lowest BCUT2D eigenvalue weighted by atomic mass is 9.91. The van der Waals surface area contributed by atoms with Crippen molar-refractivity contribution in [2.45, 2.75) is 31.7 Å². The number of anilines is 1. The highest BCUT2D eigenvalue weighted by Gasteiger charge is 2.26. The summed E-state index contributed by atoms with van der Waals surface area (Å²) in [4.78, 5) is 10.7. The van der Waals surface area contributed by atoms with Crippen molar-refractivity contribution in [3.05, 3.63) is 17.0 Å². The van der Waals surface area contributed by atoms with Gasteiger partial charge in [0.25, 0.3) is 0 Å². The molecule has 2 N–H and O–H groups in total. The lowest BCUT2D eigenvalue weighted by molar-refractivity contribution is 0.382. The van der Waals surface area contributed by atoms with Gasteiger partial charge in [-0.05, 0) is 48.2 Å². The second-order valence-corrected chi connectivity index (χ2v) is 4.97. The Kier molecular flexibility index (Phi) is 4.12. The van der Waals surface area contributed by atoms with Gasteiger partial charge in [-0.1, -0.05) is 0 Å². The average Bonchev–Trinajstić information content (AvgIpc) is 2.22. The van der Waals surface area contributed by atoms with E-state index in [1.165, 1.54) is 19.3 Å². The van der Waals surface area contributed by atoms with E-state index in [1.54, 1.807) is 12.5 Å². The van der Waals surface area contributed by atoms with Crippen molar-refractivity contribution in [2.24, 2.45) is 5.73 Å². The predicted octanol–water partition coefficient (Wildman–Crippen LogP) is 1.95. The fourth-order valence-electron chi connectivity index (χ4n) is 1.94. The third kappa shape index (κ3) is 2.52. The molecule has 1 aliphatic rings. The number of nitrogens with zero attached hydrogens (tertiary/aromatic N) is 3. The molecule has 0 saturated heterocycles. The molecule has 0 spiro atoms. The first-order chi connectivity index (χ1) is 7.83. The van der Waals surface area contributed by atoms with Crippen molar-refractivity contribution in [1.82, 2.24) is 9.97 Å². The van der Waals surface area contributed by atoms with Gasteiger partial charge in [-0.15, -0.1) is 0 Å². The zero-order valence-corrected chi connectivity index (χ0v) is 10.9. The van der Waals surface area contributed by atoms with Gasteiger partial charge in [-0.25, -0.2) is 9.97 Å². The van der Waals surface area contributed by atoms with Crippen LogP contribution in [0, 0.1) is 0 Å². The Hall–Kier alpha value is -0.680. The smallest absolute Gasteiger partial charge is 0.146 e. The minimum Gasteiger partial charge on any atom is -0.353 e. The summed E-state index contributed by atoms with van der Waals surface area (Å²) in [7, 11) is 0. The molecule has 1 aromatic rings. The van der Waals surface area contributed by atoms with Crippen molar-refractivity contribution in [3.63, 3.8) is 0 Å². The zero-order valence-electron chi connectivity index (χ0n) is 9.27. The molecular formula is C11H17BrN4. The SMILES string of the molecule is NCCCN(c1ncncc1Br)C1CCC1. The molecule has 1 heterocycles. The van der Waals surface area contributed by atoms with Crippen LogP contribution >= 0.6 is 15.9 Å². The van der Waals surface area contributed by atoms with Gasteiger partial charge < -0.3 is 10.6 Å². The summed E-state index contributed by atoms with van der Waals surface area (Å²) in [6, 6.07) is 0.637. The summed E-state index contributed by atoms with van der Waals surface area (Å²) in [5, 5.41) is 0. The molecule has 0 amide bonds. The van der Waals surface area contributed by atoms with Crippen LogP contribution in [-0.4, -0.2) is 29.1 Å². The Morgan fingerprint density at radius 3 is 2.88 bits per heavy atom. The molecule has 16 heavy (non-hydrogen) atoms. The number of hydrogen-bond donors (Lipinski definition) is 1. The standard InChI is InChI=1S/C11H17BrN4/c12-10-7-14-8-15-11(10)16(6-2-5-13)9-3-1-4-9/h7-9H,1-6,13H2. The van der Waals surface area contributed by atoms with Gasteiger partial charge in [-0.3, -0.25) is 0 Å². The van der Waals surface area contributed by atoms with Gasteiger partial charge in [0, 0.05) is 18.8 Å². The minimum absolute atomic E-state index is 0.637. The molecule has 1 aromatic heterocycles. The molecular weight excluding hydrogens is 268 g/mol. The Morgan fingerprint density at radius 1 is 1.50 bits per heavy atom. The minimum atomic E-state index is 0.637. The highest BCUT2D eigenvalue weighted by molar-refractivity contribution is 9.10. The maximum atomic E-state index is 5.58. The molecule has 5 heteroatoms. The first-order valence-corrected chi connectivity index (χ1v) is 6.54. The van der Waals surface area contributed by atoms with Crippen molar-refractivity contribution >= 4 is 21.7 Å². The summed E-state index contributed by atoms with van der Waals surface area (Å²) < 4.78 is 0.971. The normalized spacial score (nSPS) is 15.9. The van der Waals surface area contributed by atoms with Gasteiger partial charge in [0.15, 0.2) is 0 Å². The number of rotatable bonds is 5. The first kappa shape index (κ1) is 11.8. The maximum absolute atomic E-state index is 5.58. The molecule has 0 aliphatic heterocycles. The Labute approximate surface area is 104 Å². The third-order valence-corrected chi connectivity index (χ3v) is 3.60. The molecule has 88 valence electrons. The van der Waals surface area contributed by atoms with Crippen molar-refractivity contribution in [2.75, 3.05) is 18.0 Å². The molecule has 0 aromatic carbocycles. The van der Waals surface area contributed by atoms with E-state index in [4.69, 9.17) is 5.73 Å². The highest BCUT2D eigenvalue weighted by atomic mass is 79.9. The van der Waals surface area contributed by atoms with Crippen LogP contribution in [0.15, 0.2) is 17.0 Å². The third-order valence-electron chi connectivity index (χ3n) is 3.04. The van der Waals surface area contributed by atoms with Gasteiger partial charge >= 0.3 is 0 Å². The van der Waals surface area contributed by atoms with Crippen molar-refractivity contribution < 1.29 is 0 Å². The van der Waals surface area contributed by atoms with E-state index in [9.17, 15) is 0 Å². The molecule has 0 atom stereocenters. The van der Waals surface area contributed by atoms with Crippen LogP contribution in [-0.2, 0) is 0 Å². The van der Waals surface area contributed by atoms with Crippen LogP contribution in [0.2, 0.25) is 0 Å². The van der Waals surface area contributed by atoms with E-state index in [0.29, 0.717) is 6.04 Å². The van der Waals surface area contributed by atoms with Gasteiger partial charge in [0.2, 0.25) is 0 Å². The van der Waals surface area contributed by atoms with Crippen LogP contribution in [0.1, 0.15) is 25.7 Å². The van der Waals surface area contributed by atoms with Crippen molar-refractivity contribution in [1.29, 1.82) is 0 Å². The van der Waals surface area contributed by atoms with Crippen LogP contribution in [0.25, 0.3) is 0 Å². The molecule has 2 rings (SSSR count). The van der Waals surface area contributed by atoms with E-state index < -0.39 is 0 Å². The summed E-state index contributed by atoms with van der Waals surface area (Å²) in [6.07, 6.45) is 8.27. The largest absolute Gasteiger partial charge is 0.353 e. The summed E-state index contributed by atoms with van der Waals surface area (Å²) in [5.41, 5.74) is 5.58. The number of aromatic nitrogens is 2. The van der Waals surface area contributed by atoms with Gasteiger partial charge in [-0.2, -0.15) is 0 Å². The lowest BCUT2D eigenvalue weighted by Crippen LogP contribution is -2.42. The van der Waals surface area contributed by atoms with Gasteiger partial charge in [0.05, 0.1) is 4.47 Å². The fraction of sp³-hybridized carbons (Fsp3) is 0.636. The fourth-order valence-corrected chi connectivity index (χ4v) is 2.39. The lowest BCUT2D eigenvalue weighted by Gasteiger charge is -2.38. The molecule has 1 saturated carbocycles. The molecule has 4 nitrogen and oxygen atoms in total. The van der Waals surface area contributed by atoms with Crippen LogP contribution in [0.5, 0.6) is 0 Å². The van der Waals surface area contributed by atoms with E-state index in [1.807, 2.05) is 0 Å². The molecule has 1 aliphatic carbocycles. The maximum Gasteiger partial charge on any atom is 0.146 e. The molecule has 0 bridgehead atoms. The quantitative estimate of drug-likeness (QED) is 0.898. The van der Waals surface area contributed by atoms with E-state index >= 15 is 0 Å². The summed E-state index contributed by atoms with van der Waals surface area (Å²) in [5.74, 6) is 1.01. The van der Waals surface area contributed by atoms with E-state index in [0.717, 1.165) is 29.8 Å². The zero-order chi connectivity index (χ0) is 11.4. The summed E-state index contributed by atoms with van der Waals surface area (Å²) >= 11 is 3.51. The average molecular weight is 285 g/mol. The van der Waals surface area contributed by atoms with Crippen LogP contribution in [0.3, 0.4) is 0 Å². The Bertz CT molecular complexity index is 341. The molecule has 1 fully saturated rings. The van der Waals surface area contributed by atoms with Crippen LogP contribution < -0.4 is 10.6 Å². The van der Waals surface area contributed by atoms with E-state index in [2.05, 4.69) is 30.8 Å². The Morgan fingerprint density at radius 2 is 2.31 bits per heavy atom. The second kappa shape index (κ2) is 5.59. The monoisotopic (exact) mass is 284 g/mol. The van der Waals surface area contributed by atoms with Gasteiger partial charge in [0.1, 0.15) is 12.1 Å². The highest BCUT2D eigenvalue weighted by Crippen LogP contribution is 2.31. The second-order valence-electron chi connectivity index (χ2n) is 4.11. The number of hydrogen-bond acceptors (Lipinski definition) is 4. The topological polar surface area (TPSA) is 55.0 Å². The number of halogens is 1. The molecule has 0 radical (unpaired) electrons. The first-order valence-electron chi connectivity index (χ1n) is 5.75. The Balaban J connectivity index is 2.13. The van der Waals surface area contributed by atoms with Crippen LogP contribution in [0.4, 0.5) is 5.82 Å². The molecule has 0 unspecified atom stereocenters. The number of nitrogens with two attached hydrogens (primary N) is 1. The van der Waals surface area contributed by atoms with E-state index in [-0.39, 0.29) is 0 Å². The summed E-state index contributed by atoms with van der Waals surface area (Å²) in [6.45, 7) is 1.71.